The van der Waals surface area contributed by atoms with Crippen molar-refractivity contribution in [1.29, 1.82) is 0 Å². The van der Waals surface area contributed by atoms with E-state index in [2.05, 4.69) is 0 Å². The van der Waals surface area contributed by atoms with Crippen LogP contribution in [0.2, 0.25) is 0 Å². The molecule has 0 heterocycles. The van der Waals surface area contributed by atoms with E-state index < -0.39 is 27.3 Å². The van der Waals surface area contributed by atoms with E-state index in [4.69, 9.17) is 0 Å². The zero-order chi connectivity index (χ0) is 10.2. The summed E-state index contributed by atoms with van der Waals surface area (Å²) in [5.41, 5.74) is 0. The molecule has 13 heavy (non-hydrogen) atoms. The quantitative estimate of drug-likeness (QED) is 0.330. The summed E-state index contributed by atoms with van der Waals surface area (Å²) >= 11 is 0. The van der Waals surface area contributed by atoms with Gasteiger partial charge in [0.25, 0.3) is 0 Å². The van der Waals surface area contributed by atoms with Gasteiger partial charge in [0.15, 0.2) is 10.1 Å². The van der Waals surface area contributed by atoms with Gasteiger partial charge in [-0.3, -0.25) is 0 Å². The minimum Gasteiger partial charge on any atom is -0.743 e. The van der Waals surface area contributed by atoms with Gasteiger partial charge in [0.1, 0.15) is 0 Å². The summed E-state index contributed by atoms with van der Waals surface area (Å²) in [5, 5.41) is -5.70. The Balaban J connectivity index is 0. The number of alkyl halides is 2. The fourth-order valence-electron chi connectivity index (χ4n) is 0.220. The second kappa shape index (κ2) is 5.14. The van der Waals surface area contributed by atoms with Crippen molar-refractivity contribution in [2.45, 2.75) is 5.25 Å². The van der Waals surface area contributed by atoms with Crippen LogP contribution in [0, 0.1) is 0 Å². The van der Waals surface area contributed by atoms with Gasteiger partial charge in [0, 0.05) is 0 Å². The maximum atomic E-state index is 11.8. The van der Waals surface area contributed by atoms with Crippen LogP contribution in [0.3, 0.4) is 0 Å². The van der Waals surface area contributed by atoms with Crippen molar-refractivity contribution < 1.29 is 86.3 Å². The first kappa shape index (κ1) is 16.4. The van der Waals surface area contributed by atoms with Gasteiger partial charge in [-0.15, -0.1) is 0 Å². The number of rotatable bonds is 2. The van der Waals surface area contributed by atoms with E-state index in [0.29, 0.717) is 0 Å². The van der Waals surface area contributed by atoms with Gasteiger partial charge in [-0.25, -0.2) is 8.42 Å². The third kappa shape index (κ3) is 3.89. The fraction of sp³-hybridized carbons (Fsp3) is 0.333. The van der Waals surface area contributed by atoms with Gasteiger partial charge in [-0.1, -0.05) is 0 Å². The molecule has 0 aliphatic heterocycles. The summed E-state index contributed by atoms with van der Waals surface area (Å²) in [6.45, 7) is 0. The second-order valence-electron chi connectivity index (χ2n) is 1.55. The predicted molar refractivity (Wildman–Crippen MR) is 25.0 cm³/mol. The molecule has 0 aliphatic carbocycles. The molecule has 0 aromatic heterocycles. The van der Waals surface area contributed by atoms with Crippen LogP contribution in [0.4, 0.5) is 22.0 Å². The largest absolute Gasteiger partial charge is 1.00 e. The molecule has 0 rings (SSSR count). The molecule has 0 N–H and O–H groups in total. The Bertz CT molecular complexity index is 305. The van der Waals surface area contributed by atoms with Crippen LogP contribution in [0.25, 0.3) is 0 Å². The molecule has 0 saturated carbocycles. The van der Waals surface area contributed by atoms with Crippen molar-refractivity contribution in [3.8, 4) is 0 Å². The Morgan fingerprint density at radius 1 is 1.15 bits per heavy atom. The molecule has 0 bridgehead atoms. The molecular weight excluding hydrogens is 250 g/mol. The SMILES string of the molecule is O=S(=O)([O-])C(F)(F)C(F)=C(F)F.[K+]. The third-order valence-corrected chi connectivity index (χ3v) is 1.54. The van der Waals surface area contributed by atoms with Crippen LogP contribution in [0.5, 0.6) is 0 Å². The summed E-state index contributed by atoms with van der Waals surface area (Å²) in [6, 6.07) is 0. The minimum absolute atomic E-state index is 0. The predicted octanol–water partition coefficient (Wildman–Crippen LogP) is -1.79. The fourth-order valence-corrected chi connectivity index (χ4v) is 0.516. The van der Waals surface area contributed by atoms with Crippen molar-refractivity contribution in [2.24, 2.45) is 0 Å². The molecular formula is C3F5KO3S. The molecule has 0 radical (unpaired) electrons. The third-order valence-electron chi connectivity index (χ3n) is 0.735. The zero-order valence-electron chi connectivity index (χ0n) is 6.02. The molecule has 0 fully saturated rings. The summed E-state index contributed by atoms with van der Waals surface area (Å²) in [7, 11) is -6.44. The average Bonchev–Trinajstić information content (AvgIpc) is 1.83. The van der Waals surface area contributed by atoms with E-state index in [1.165, 1.54) is 0 Å². The van der Waals surface area contributed by atoms with Gasteiger partial charge in [-0.2, -0.15) is 22.0 Å². The van der Waals surface area contributed by atoms with E-state index in [1.54, 1.807) is 0 Å². The Morgan fingerprint density at radius 2 is 1.46 bits per heavy atom. The Labute approximate surface area is 112 Å². The van der Waals surface area contributed by atoms with E-state index in [1.807, 2.05) is 0 Å². The van der Waals surface area contributed by atoms with Crippen molar-refractivity contribution >= 4 is 10.1 Å². The van der Waals surface area contributed by atoms with Gasteiger partial charge in [0.2, 0.25) is 5.83 Å². The average molecular weight is 250 g/mol. The zero-order valence-corrected chi connectivity index (χ0v) is 9.96. The molecule has 10 heteroatoms. The Hall–Kier alpha value is 0.936. The molecule has 0 saturated heterocycles. The summed E-state index contributed by atoms with van der Waals surface area (Å²) in [6.07, 6.45) is -3.54. The molecule has 0 aliphatic rings. The summed E-state index contributed by atoms with van der Waals surface area (Å²) in [4.78, 5) is 0. The second-order valence-corrected chi connectivity index (χ2v) is 2.97. The number of hydrogen-bond acceptors (Lipinski definition) is 3. The number of hydrogen-bond donors (Lipinski definition) is 0. The van der Waals surface area contributed by atoms with E-state index in [-0.39, 0.29) is 51.4 Å². The smallest absolute Gasteiger partial charge is 0.743 e. The Kier molecular flexibility index (Phi) is 6.47. The first-order chi connectivity index (χ1) is 5.10. The molecule has 0 aromatic rings. The van der Waals surface area contributed by atoms with Crippen LogP contribution in [-0.2, 0) is 10.1 Å². The normalized spacial score (nSPS) is 11.8. The van der Waals surface area contributed by atoms with Crippen LogP contribution in [0.15, 0.2) is 11.9 Å². The maximum Gasteiger partial charge on any atom is 1.00 e. The Morgan fingerprint density at radius 3 is 1.54 bits per heavy atom. The molecule has 72 valence electrons. The molecule has 3 nitrogen and oxygen atoms in total. The standard InChI is InChI=1S/C3HF5O3S.K/c4-1(2(5)6)3(7,8)12(9,10)11;/h(H,9,10,11);/q;+1/p-1. The van der Waals surface area contributed by atoms with E-state index >= 15 is 0 Å². The van der Waals surface area contributed by atoms with Gasteiger partial charge < -0.3 is 4.55 Å². The van der Waals surface area contributed by atoms with Crippen molar-refractivity contribution in [3.05, 3.63) is 11.9 Å². The molecule has 0 unspecified atom stereocenters. The van der Waals surface area contributed by atoms with Gasteiger partial charge in [0.05, 0.1) is 0 Å². The van der Waals surface area contributed by atoms with Gasteiger partial charge >= 0.3 is 62.7 Å². The van der Waals surface area contributed by atoms with Crippen molar-refractivity contribution in [1.82, 2.24) is 0 Å². The van der Waals surface area contributed by atoms with Gasteiger partial charge in [-0.05, 0) is 0 Å². The monoisotopic (exact) mass is 250 g/mol. The molecule has 0 atom stereocenters. The van der Waals surface area contributed by atoms with E-state index in [0.717, 1.165) is 0 Å². The maximum absolute atomic E-state index is 11.8. The van der Waals surface area contributed by atoms with Crippen LogP contribution in [-0.4, -0.2) is 18.2 Å². The van der Waals surface area contributed by atoms with Crippen LogP contribution < -0.4 is 51.4 Å². The molecule has 0 amide bonds. The topological polar surface area (TPSA) is 57.2 Å². The number of halogens is 5. The minimum atomic E-state index is -6.44. The first-order valence-corrected chi connectivity index (χ1v) is 3.56. The van der Waals surface area contributed by atoms with Crippen molar-refractivity contribution in [2.75, 3.05) is 0 Å². The first-order valence-electron chi connectivity index (χ1n) is 2.15. The van der Waals surface area contributed by atoms with E-state index in [9.17, 15) is 34.9 Å². The molecule has 0 spiro atoms. The summed E-state index contributed by atoms with van der Waals surface area (Å²) < 4.78 is 85.7. The van der Waals surface area contributed by atoms with Crippen molar-refractivity contribution in [3.63, 3.8) is 0 Å². The summed E-state index contributed by atoms with van der Waals surface area (Å²) in [5.74, 6) is -3.54. The van der Waals surface area contributed by atoms with Crippen LogP contribution in [0.1, 0.15) is 0 Å². The molecule has 0 aromatic carbocycles. The van der Waals surface area contributed by atoms with Crippen LogP contribution >= 0.6 is 0 Å².